The summed E-state index contributed by atoms with van der Waals surface area (Å²) in [6, 6.07) is 10.8. The minimum Gasteiger partial charge on any atom is -0.488 e. The molecule has 0 saturated heterocycles. The standard InChI is InChI=1S/C16H14Cl2O5S/c1-24(20,21)11-6-7-13(17)12(10-11)16(19)23-9-8-22-15-5-3-2-4-14(15)18/h2-7,10H,8-9H2,1H3. The van der Waals surface area contributed by atoms with Gasteiger partial charge in [-0.1, -0.05) is 35.3 Å². The van der Waals surface area contributed by atoms with Crippen molar-refractivity contribution in [2.75, 3.05) is 19.5 Å². The number of benzene rings is 2. The molecule has 2 aromatic carbocycles. The summed E-state index contributed by atoms with van der Waals surface area (Å²) in [5.74, 6) is -0.249. The zero-order valence-electron chi connectivity index (χ0n) is 12.7. The van der Waals surface area contributed by atoms with Gasteiger partial charge in [-0.25, -0.2) is 13.2 Å². The molecular weight excluding hydrogens is 375 g/mol. The fourth-order valence-corrected chi connectivity index (χ4v) is 2.85. The Balaban J connectivity index is 1.97. The Morgan fingerprint density at radius 2 is 1.75 bits per heavy atom. The maximum atomic E-state index is 12.0. The Hall–Kier alpha value is -1.76. The van der Waals surface area contributed by atoms with Crippen LogP contribution in [0, 0.1) is 0 Å². The van der Waals surface area contributed by atoms with Crippen molar-refractivity contribution in [2.24, 2.45) is 0 Å². The van der Waals surface area contributed by atoms with E-state index in [4.69, 9.17) is 32.7 Å². The van der Waals surface area contributed by atoms with E-state index in [0.29, 0.717) is 10.8 Å². The Bertz CT molecular complexity index is 849. The van der Waals surface area contributed by atoms with Crippen LogP contribution in [0.5, 0.6) is 5.75 Å². The van der Waals surface area contributed by atoms with Crippen molar-refractivity contribution in [3.63, 3.8) is 0 Å². The number of carbonyl (C=O) groups is 1. The predicted octanol–water partition coefficient (Wildman–Crippen LogP) is 3.63. The molecule has 0 radical (unpaired) electrons. The third kappa shape index (κ3) is 4.87. The zero-order chi connectivity index (χ0) is 17.7. The van der Waals surface area contributed by atoms with E-state index >= 15 is 0 Å². The first-order valence-electron chi connectivity index (χ1n) is 6.83. The molecule has 0 N–H and O–H groups in total. The molecule has 0 aliphatic carbocycles. The van der Waals surface area contributed by atoms with Crippen molar-refractivity contribution >= 4 is 39.0 Å². The molecule has 0 fully saturated rings. The van der Waals surface area contributed by atoms with Gasteiger partial charge in [0.15, 0.2) is 9.84 Å². The van der Waals surface area contributed by atoms with Crippen molar-refractivity contribution in [1.82, 2.24) is 0 Å². The van der Waals surface area contributed by atoms with Gasteiger partial charge < -0.3 is 9.47 Å². The second-order valence-electron chi connectivity index (χ2n) is 4.83. The van der Waals surface area contributed by atoms with Gasteiger partial charge in [-0.05, 0) is 30.3 Å². The third-order valence-electron chi connectivity index (χ3n) is 3.00. The molecule has 0 spiro atoms. The maximum Gasteiger partial charge on any atom is 0.339 e. The fraction of sp³-hybridized carbons (Fsp3) is 0.188. The topological polar surface area (TPSA) is 69.7 Å². The van der Waals surface area contributed by atoms with Gasteiger partial charge in [0, 0.05) is 6.26 Å². The third-order valence-corrected chi connectivity index (χ3v) is 4.75. The lowest BCUT2D eigenvalue weighted by Gasteiger charge is -2.10. The Kier molecular flexibility index (Phi) is 6.10. The second-order valence-corrected chi connectivity index (χ2v) is 7.66. The monoisotopic (exact) mass is 388 g/mol. The van der Waals surface area contributed by atoms with Crippen LogP contribution in [0.1, 0.15) is 10.4 Å². The average molecular weight is 389 g/mol. The van der Waals surface area contributed by atoms with Gasteiger partial charge in [0.1, 0.15) is 19.0 Å². The van der Waals surface area contributed by atoms with E-state index < -0.39 is 15.8 Å². The normalized spacial score (nSPS) is 11.1. The molecule has 0 saturated carbocycles. The van der Waals surface area contributed by atoms with Gasteiger partial charge in [-0.15, -0.1) is 0 Å². The van der Waals surface area contributed by atoms with E-state index in [1.807, 2.05) is 0 Å². The van der Waals surface area contributed by atoms with E-state index in [1.165, 1.54) is 18.2 Å². The van der Waals surface area contributed by atoms with Crippen molar-refractivity contribution in [3.8, 4) is 5.75 Å². The lowest BCUT2D eigenvalue weighted by molar-refractivity contribution is 0.0450. The van der Waals surface area contributed by atoms with Crippen LogP contribution in [-0.4, -0.2) is 33.9 Å². The number of ether oxygens (including phenoxy) is 2. The van der Waals surface area contributed by atoms with Crippen LogP contribution in [0.3, 0.4) is 0 Å². The highest BCUT2D eigenvalue weighted by Crippen LogP contribution is 2.23. The summed E-state index contributed by atoms with van der Waals surface area (Å²) in [6.07, 6.45) is 1.04. The van der Waals surface area contributed by atoms with Crippen LogP contribution >= 0.6 is 23.2 Å². The minimum absolute atomic E-state index is 0.00818. The first-order chi connectivity index (χ1) is 11.3. The molecule has 0 aromatic heterocycles. The number of rotatable bonds is 6. The molecule has 128 valence electrons. The van der Waals surface area contributed by atoms with Gasteiger partial charge in [0.05, 0.1) is 20.5 Å². The molecule has 2 rings (SSSR count). The van der Waals surface area contributed by atoms with E-state index in [-0.39, 0.29) is 28.7 Å². The Morgan fingerprint density at radius 3 is 2.42 bits per heavy atom. The van der Waals surface area contributed by atoms with Crippen LogP contribution in [0.15, 0.2) is 47.4 Å². The lowest BCUT2D eigenvalue weighted by atomic mass is 10.2. The highest BCUT2D eigenvalue weighted by Gasteiger charge is 2.16. The number of para-hydroxylation sites is 1. The van der Waals surface area contributed by atoms with Gasteiger partial charge >= 0.3 is 5.97 Å². The highest BCUT2D eigenvalue weighted by atomic mass is 35.5. The minimum atomic E-state index is -3.45. The van der Waals surface area contributed by atoms with Crippen molar-refractivity contribution in [1.29, 1.82) is 0 Å². The molecule has 24 heavy (non-hydrogen) atoms. The van der Waals surface area contributed by atoms with Crippen LogP contribution in [0.4, 0.5) is 0 Å². The number of halogens is 2. The summed E-state index contributed by atoms with van der Waals surface area (Å²) in [6.45, 7) is 0.0579. The highest BCUT2D eigenvalue weighted by molar-refractivity contribution is 7.90. The molecule has 0 aliphatic heterocycles. The fourth-order valence-electron chi connectivity index (χ4n) is 1.82. The van der Waals surface area contributed by atoms with Crippen LogP contribution < -0.4 is 4.74 Å². The largest absolute Gasteiger partial charge is 0.488 e. The molecule has 0 aliphatic rings. The molecule has 0 atom stereocenters. The molecule has 0 amide bonds. The summed E-state index contributed by atoms with van der Waals surface area (Å²) in [4.78, 5) is 12.0. The first-order valence-corrected chi connectivity index (χ1v) is 9.48. The molecular formula is C16H14Cl2O5S. The van der Waals surface area contributed by atoms with Gasteiger partial charge in [-0.3, -0.25) is 0 Å². The quantitative estimate of drug-likeness (QED) is 0.558. The first kappa shape index (κ1) is 18.6. The number of sulfone groups is 1. The molecule has 0 bridgehead atoms. The summed E-state index contributed by atoms with van der Waals surface area (Å²) < 4.78 is 33.5. The number of carbonyl (C=O) groups excluding carboxylic acids is 1. The van der Waals surface area contributed by atoms with Crippen LogP contribution in [-0.2, 0) is 14.6 Å². The second kappa shape index (κ2) is 7.88. The summed E-state index contributed by atoms with van der Waals surface area (Å²) in [7, 11) is -3.45. The van der Waals surface area contributed by atoms with Crippen LogP contribution in [0.25, 0.3) is 0 Å². The summed E-state index contributed by atoms with van der Waals surface area (Å²) in [5, 5.41) is 0.562. The van der Waals surface area contributed by atoms with Crippen molar-refractivity contribution < 1.29 is 22.7 Å². The van der Waals surface area contributed by atoms with Crippen molar-refractivity contribution in [3.05, 3.63) is 58.1 Å². The van der Waals surface area contributed by atoms with E-state index in [0.717, 1.165) is 6.26 Å². The van der Waals surface area contributed by atoms with Gasteiger partial charge in [0.25, 0.3) is 0 Å². The van der Waals surface area contributed by atoms with E-state index in [9.17, 15) is 13.2 Å². The van der Waals surface area contributed by atoms with E-state index in [2.05, 4.69) is 0 Å². The van der Waals surface area contributed by atoms with Crippen LogP contribution in [0.2, 0.25) is 10.0 Å². The van der Waals surface area contributed by atoms with E-state index in [1.54, 1.807) is 24.3 Å². The SMILES string of the molecule is CS(=O)(=O)c1ccc(Cl)c(C(=O)OCCOc2ccccc2Cl)c1. The molecule has 0 unspecified atom stereocenters. The van der Waals surface area contributed by atoms with Crippen molar-refractivity contribution in [2.45, 2.75) is 4.90 Å². The van der Waals surface area contributed by atoms with Gasteiger partial charge in [0.2, 0.25) is 0 Å². The average Bonchev–Trinajstić information content (AvgIpc) is 2.52. The van der Waals surface area contributed by atoms with Gasteiger partial charge in [-0.2, -0.15) is 0 Å². The molecule has 2 aromatic rings. The Morgan fingerprint density at radius 1 is 1.04 bits per heavy atom. The number of hydrogen-bond donors (Lipinski definition) is 0. The molecule has 0 heterocycles. The summed E-state index contributed by atoms with van der Waals surface area (Å²) >= 11 is 11.9. The summed E-state index contributed by atoms with van der Waals surface area (Å²) in [5.41, 5.74) is -0.0164. The Labute approximate surface area is 150 Å². The zero-order valence-corrected chi connectivity index (χ0v) is 15.0. The predicted molar refractivity (Wildman–Crippen MR) is 91.8 cm³/mol. The molecule has 8 heteroatoms. The smallest absolute Gasteiger partial charge is 0.339 e. The number of hydrogen-bond acceptors (Lipinski definition) is 5. The maximum absolute atomic E-state index is 12.0. The molecule has 5 nitrogen and oxygen atoms in total. The number of esters is 1. The lowest BCUT2D eigenvalue weighted by Crippen LogP contribution is -2.13.